The fourth-order valence-electron chi connectivity index (χ4n) is 3.41. The first kappa shape index (κ1) is 17.0. The fraction of sp³-hybridized carbons (Fsp3) is 0.350. The second kappa shape index (κ2) is 6.80. The third-order valence-electron chi connectivity index (χ3n) is 5.02. The Hall–Kier alpha value is -2.12. The number of hydrogen-bond donors (Lipinski definition) is 1. The van der Waals surface area contributed by atoms with Crippen LogP contribution in [-0.4, -0.2) is 15.9 Å². The van der Waals surface area contributed by atoms with Crippen molar-refractivity contribution in [1.29, 1.82) is 0 Å². The van der Waals surface area contributed by atoms with Crippen molar-refractivity contribution in [3.63, 3.8) is 0 Å². The Labute approximate surface area is 164 Å². The molecule has 2 aliphatic carbocycles. The molecule has 1 aromatic carbocycles. The second-order valence-corrected chi connectivity index (χ2v) is 9.19. The van der Waals surface area contributed by atoms with E-state index in [0.717, 1.165) is 45.4 Å². The molecule has 0 spiro atoms. The van der Waals surface area contributed by atoms with Crippen LogP contribution in [0.2, 0.25) is 0 Å². The van der Waals surface area contributed by atoms with Gasteiger partial charge in [0.1, 0.15) is 15.7 Å². The average Bonchev–Trinajstić information content (AvgIpc) is 3.23. The van der Waals surface area contributed by atoms with Gasteiger partial charge in [-0.3, -0.25) is 4.79 Å². The molecule has 1 amide bonds. The predicted molar refractivity (Wildman–Crippen MR) is 105 cm³/mol. The number of carbonyl (C=O) groups excluding carboxylic acids is 1. The van der Waals surface area contributed by atoms with Gasteiger partial charge in [-0.25, -0.2) is 14.4 Å². The number of fused-ring (bicyclic) bond motifs is 1. The van der Waals surface area contributed by atoms with Gasteiger partial charge in [0.05, 0.1) is 27.8 Å². The van der Waals surface area contributed by atoms with Crippen LogP contribution < -0.4 is 5.32 Å². The van der Waals surface area contributed by atoms with Gasteiger partial charge in [-0.1, -0.05) is 0 Å². The molecule has 4 nitrogen and oxygen atoms in total. The SMILES string of the molecule is O=C(NC1CCCc2nc(-c3ccc(F)cc3)sc21)c1cnc(C2CC2)s1. The maximum Gasteiger partial charge on any atom is 0.263 e. The van der Waals surface area contributed by atoms with E-state index in [1.54, 1.807) is 29.7 Å². The third kappa shape index (κ3) is 3.41. The predicted octanol–water partition coefficient (Wildman–Crippen LogP) is 5.09. The lowest BCUT2D eigenvalue weighted by Gasteiger charge is -2.22. The number of aryl methyl sites for hydroxylation is 1. The van der Waals surface area contributed by atoms with Gasteiger partial charge in [0, 0.05) is 11.5 Å². The summed E-state index contributed by atoms with van der Waals surface area (Å²) in [6.07, 6.45) is 6.92. The van der Waals surface area contributed by atoms with Crippen molar-refractivity contribution >= 4 is 28.6 Å². The highest BCUT2D eigenvalue weighted by molar-refractivity contribution is 7.15. The van der Waals surface area contributed by atoms with Gasteiger partial charge < -0.3 is 5.32 Å². The minimum absolute atomic E-state index is 0.0144. The molecule has 1 saturated carbocycles. The Kier molecular flexibility index (Phi) is 4.28. The molecule has 2 aliphatic rings. The normalized spacial score (nSPS) is 18.9. The largest absolute Gasteiger partial charge is 0.344 e. The lowest BCUT2D eigenvalue weighted by Crippen LogP contribution is -2.29. The number of benzene rings is 1. The van der Waals surface area contributed by atoms with Gasteiger partial charge in [-0.15, -0.1) is 22.7 Å². The van der Waals surface area contributed by atoms with Crippen LogP contribution >= 0.6 is 22.7 Å². The van der Waals surface area contributed by atoms with E-state index in [-0.39, 0.29) is 17.8 Å². The van der Waals surface area contributed by atoms with Gasteiger partial charge in [0.15, 0.2) is 0 Å². The van der Waals surface area contributed by atoms with E-state index >= 15 is 0 Å². The number of nitrogens with one attached hydrogen (secondary N) is 1. The van der Waals surface area contributed by atoms with Crippen LogP contribution in [-0.2, 0) is 6.42 Å². The molecular formula is C20H18FN3OS2. The van der Waals surface area contributed by atoms with Gasteiger partial charge in [-0.2, -0.15) is 0 Å². The summed E-state index contributed by atoms with van der Waals surface area (Å²) in [4.78, 5) is 23.7. The molecule has 138 valence electrons. The summed E-state index contributed by atoms with van der Waals surface area (Å²) in [5.74, 6) is 0.270. The first-order valence-corrected chi connectivity index (χ1v) is 10.8. The summed E-state index contributed by atoms with van der Waals surface area (Å²) in [5, 5.41) is 5.15. The first-order valence-electron chi connectivity index (χ1n) is 9.19. The van der Waals surface area contributed by atoms with Crippen LogP contribution in [0.3, 0.4) is 0 Å². The molecule has 0 bridgehead atoms. The van der Waals surface area contributed by atoms with Crippen molar-refractivity contribution in [3.8, 4) is 10.6 Å². The Morgan fingerprint density at radius 2 is 1.96 bits per heavy atom. The van der Waals surface area contributed by atoms with Gasteiger partial charge in [-0.05, 0) is 56.4 Å². The molecule has 27 heavy (non-hydrogen) atoms. The van der Waals surface area contributed by atoms with Crippen molar-refractivity contribution in [3.05, 3.63) is 56.7 Å². The van der Waals surface area contributed by atoms with Crippen LogP contribution in [0.15, 0.2) is 30.5 Å². The number of hydrogen-bond acceptors (Lipinski definition) is 5. The van der Waals surface area contributed by atoms with E-state index in [9.17, 15) is 9.18 Å². The Morgan fingerprint density at radius 1 is 1.15 bits per heavy atom. The van der Waals surface area contributed by atoms with Gasteiger partial charge in [0.25, 0.3) is 5.91 Å². The Morgan fingerprint density at radius 3 is 2.74 bits per heavy atom. The van der Waals surface area contributed by atoms with Crippen LogP contribution in [0.25, 0.3) is 10.6 Å². The molecule has 0 radical (unpaired) electrons. The molecular weight excluding hydrogens is 381 g/mol. The summed E-state index contributed by atoms with van der Waals surface area (Å²) in [6, 6.07) is 6.40. The standard InChI is InChI=1S/C20H18FN3OS2/c21-13-8-6-12(7-9-13)20-24-15-3-1-2-14(17(15)27-20)23-18(25)16-10-22-19(26-16)11-4-5-11/h6-11,14H,1-5H2,(H,23,25). The third-order valence-corrected chi connectivity index (χ3v) is 7.44. The Bertz CT molecular complexity index is 991. The van der Waals surface area contributed by atoms with E-state index in [4.69, 9.17) is 4.98 Å². The molecule has 1 atom stereocenters. The van der Waals surface area contributed by atoms with Crippen LogP contribution in [0.1, 0.15) is 62.9 Å². The van der Waals surface area contributed by atoms with E-state index in [1.807, 2.05) is 0 Å². The lowest BCUT2D eigenvalue weighted by molar-refractivity contribution is 0.0937. The molecule has 3 aromatic rings. The number of carbonyl (C=O) groups is 1. The summed E-state index contributed by atoms with van der Waals surface area (Å²) in [7, 11) is 0. The monoisotopic (exact) mass is 399 g/mol. The van der Waals surface area contributed by atoms with Crippen molar-refractivity contribution in [1.82, 2.24) is 15.3 Å². The highest BCUT2D eigenvalue weighted by Gasteiger charge is 2.29. The Balaban J connectivity index is 1.37. The molecule has 1 unspecified atom stereocenters. The van der Waals surface area contributed by atoms with Gasteiger partial charge >= 0.3 is 0 Å². The molecule has 0 aliphatic heterocycles. The lowest BCUT2D eigenvalue weighted by atomic mass is 9.98. The number of thiazole rings is 2. The molecule has 0 saturated heterocycles. The quantitative estimate of drug-likeness (QED) is 0.665. The number of rotatable bonds is 4. The molecule has 5 rings (SSSR count). The molecule has 7 heteroatoms. The second-order valence-electron chi connectivity index (χ2n) is 7.09. The zero-order chi connectivity index (χ0) is 18.4. The summed E-state index contributed by atoms with van der Waals surface area (Å²) < 4.78 is 13.2. The van der Waals surface area contributed by atoms with E-state index in [0.29, 0.717) is 10.8 Å². The number of halogens is 1. The number of aromatic nitrogens is 2. The molecule has 1 N–H and O–H groups in total. The fourth-order valence-corrected chi connectivity index (χ4v) is 5.61. The molecule has 2 heterocycles. The number of nitrogens with zero attached hydrogens (tertiary/aromatic N) is 2. The molecule has 2 aromatic heterocycles. The zero-order valence-corrected chi connectivity index (χ0v) is 16.2. The molecule has 1 fully saturated rings. The summed E-state index contributed by atoms with van der Waals surface area (Å²) >= 11 is 3.11. The van der Waals surface area contributed by atoms with Crippen molar-refractivity contribution in [2.75, 3.05) is 0 Å². The van der Waals surface area contributed by atoms with Crippen molar-refractivity contribution in [2.45, 2.75) is 44.1 Å². The maximum atomic E-state index is 13.2. The minimum Gasteiger partial charge on any atom is -0.344 e. The van der Waals surface area contributed by atoms with E-state index < -0.39 is 0 Å². The van der Waals surface area contributed by atoms with Crippen molar-refractivity contribution < 1.29 is 9.18 Å². The zero-order valence-electron chi connectivity index (χ0n) is 14.6. The maximum absolute atomic E-state index is 13.2. The van der Waals surface area contributed by atoms with Gasteiger partial charge in [0.2, 0.25) is 0 Å². The summed E-state index contributed by atoms with van der Waals surface area (Å²) in [6.45, 7) is 0. The topological polar surface area (TPSA) is 54.9 Å². The highest BCUT2D eigenvalue weighted by atomic mass is 32.1. The van der Waals surface area contributed by atoms with E-state index in [1.165, 1.54) is 36.3 Å². The first-order chi connectivity index (χ1) is 13.2. The summed E-state index contributed by atoms with van der Waals surface area (Å²) in [5.41, 5.74) is 1.97. The van der Waals surface area contributed by atoms with Crippen LogP contribution in [0.4, 0.5) is 4.39 Å². The van der Waals surface area contributed by atoms with Crippen molar-refractivity contribution in [2.24, 2.45) is 0 Å². The minimum atomic E-state index is -0.250. The smallest absolute Gasteiger partial charge is 0.263 e. The van der Waals surface area contributed by atoms with Crippen LogP contribution in [0.5, 0.6) is 0 Å². The van der Waals surface area contributed by atoms with E-state index in [2.05, 4.69) is 10.3 Å². The van der Waals surface area contributed by atoms with Crippen LogP contribution in [0, 0.1) is 5.82 Å². The average molecular weight is 400 g/mol. The highest BCUT2D eigenvalue weighted by Crippen LogP contribution is 2.42. The number of amides is 1.